The topological polar surface area (TPSA) is 42.9 Å². The number of piperidine rings is 1. The minimum Gasteiger partial charge on any atom is -0.452 e. The van der Waals surface area contributed by atoms with Crippen molar-refractivity contribution in [3.63, 3.8) is 0 Å². The van der Waals surface area contributed by atoms with Crippen LogP contribution in [0.2, 0.25) is 0 Å². The fourth-order valence-electron chi connectivity index (χ4n) is 1.59. The summed E-state index contributed by atoms with van der Waals surface area (Å²) in [5, 5.41) is 2.79. The molecule has 0 bridgehead atoms. The number of halogens is 2. The second-order valence-electron chi connectivity index (χ2n) is 3.88. The molecule has 1 aliphatic rings. The second kappa shape index (κ2) is 5.47. The number of quaternary nitrogens is 1. The lowest BCUT2D eigenvalue weighted by atomic mass is 9.96. The van der Waals surface area contributed by atoms with E-state index in [4.69, 9.17) is 4.74 Å². The maximum atomic E-state index is 11.5. The molecule has 1 rings (SSSR count). The number of hydrogen-bond donors (Lipinski definition) is 1. The van der Waals surface area contributed by atoms with E-state index in [1.807, 2.05) is 6.92 Å². The van der Waals surface area contributed by atoms with Crippen molar-refractivity contribution in [2.45, 2.75) is 30.2 Å². The van der Waals surface area contributed by atoms with Gasteiger partial charge in [0.15, 0.2) is 5.60 Å². The average molecular weight is 330 g/mol. The highest BCUT2D eigenvalue weighted by atomic mass is 79.9. The Morgan fingerprint density at radius 2 is 2.43 bits per heavy atom. The zero-order chi connectivity index (χ0) is 10.6. The highest BCUT2D eigenvalue weighted by molar-refractivity contribution is 9.12. The fraction of sp³-hybridized carbons (Fsp3) is 0.889. The Bertz CT molecular complexity index is 205. The predicted molar refractivity (Wildman–Crippen MR) is 61.9 cm³/mol. The molecular weight excluding hydrogens is 314 g/mol. The third-order valence-corrected chi connectivity index (χ3v) is 4.64. The SMILES string of the molecule is CC1(OC(=O)C(Br)CBr)CCC[NH2+]C1. The van der Waals surface area contributed by atoms with E-state index in [9.17, 15) is 4.79 Å². The van der Waals surface area contributed by atoms with Crippen molar-refractivity contribution in [1.82, 2.24) is 0 Å². The van der Waals surface area contributed by atoms with Crippen molar-refractivity contribution in [2.24, 2.45) is 0 Å². The molecule has 0 aliphatic carbocycles. The quantitative estimate of drug-likeness (QED) is 0.615. The van der Waals surface area contributed by atoms with Gasteiger partial charge in [0.25, 0.3) is 0 Å². The Morgan fingerprint density at radius 3 is 2.93 bits per heavy atom. The van der Waals surface area contributed by atoms with E-state index in [1.165, 1.54) is 0 Å². The van der Waals surface area contributed by atoms with Gasteiger partial charge in [-0.05, 0) is 13.3 Å². The molecule has 1 heterocycles. The molecule has 2 unspecified atom stereocenters. The van der Waals surface area contributed by atoms with Gasteiger partial charge in [-0.1, -0.05) is 31.9 Å². The van der Waals surface area contributed by atoms with E-state index in [0.29, 0.717) is 5.33 Å². The normalized spacial score (nSPS) is 29.6. The highest BCUT2D eigenvalue weighted by Gasteiger charge is 2.34. The van der Waals surface area contributed by atoms with Crippen LogP contribution in [0.25, 0.3) is 0 Å². The minimum absolute atomic E-state index is 0.167. The predicted octanol–water partition coefficient (Wildman–Crippen LogP) is 0.804. The summed E-state index contributed by atoms with van der Waals surface area (Å²) in [7, 11) is 0. The van der Waals surface area contributed by atoms with Crippen LogP contribution >= 0.6 is 31.9 Å². The lowest BCUT2D eigenvalue weighted by molar-refractivity contribution is -0.675. The Kier molecular flexibility index (Phi) is 4.87. The number of carbonyl (C=O) groups is 1. The van der Waals surface area contributed by atoms with Gasteiger partial charge in [0.1, 0.15) is 11.4 Å². The third kappa shape index (κ3) is 3.51. The van der Waals surface area contributed by atoms with Crippen molar-refractivity contribution in [2.75, 3.05) is 18.4 Å². The van der Waals surface area contributed by atoms with E-state index in [-0.39, 0.29) is 16.4 Å². The molecule has 1 aliphatic heterocycles. The molecule has 0 amide bonds. The second-order valence-corrected chi connectivity index (χ2v) is 5.63. The third-order valence-electron chi connectivity index (χ3n) is 2.43. The number of alkyl halides is 2. The molecule has 0 saturated carbocycles. The molecule has 3 nitrogen and oxygen atoms in total. The van der Waals surface area contributed by atoms with Crippen LogP contribution in [-0.4, -0.2) is 34.8 Å². The summed E-state index contributed by atoms with van der Waals surface area (Å²) in [6.45, 7) is 4.03. The Labute approximate surface area is 101 Å². The van der Waals surface area contributed by atoms with Crippen LogP contribution in [-0.2, 0) is 9.53 Å². The van der Waals surface area contributed by atoms with Gasteiger partial charge in [0.05, 0.1) is 6.54 Å². The van der Waals surface area contributed by atoms with Crippen molar-refractivity contribution in [3.8, 4) is 0 Å². The van der Waals surface area contributed by atoms with Gasteiger partial charge in [-0.15, -0.1) is 0 Å². The zero-order valence-electron chi connectivity index (χ0n) is 8.26. The molecule has 5 heteroatoms. The molecule has 0 aromatic rings. The van der Waals surface area contributed by atoms with Crippen molar-refractivity contribution in [3.05, 3.63) is 0 Å². The van der Waals surface area contributed by atoms with E-state index < -0.39 is 0 Å². The zero-order valence-corrected chi connectivity index (χ0v) is 11.4. The first-order chi connectivity index (χ1) is 6.57. The number of hydrogen-bond acceptors (Lipinski definition) is 2. The van der Waals surface area contributed by atoms with Crippen LogP contribution in [0, 0.1) is 0 Å². The molecule has 2 N–H and O–H groups in total. The summed E-state index contributed by atoms with van der Waals surface area (Å²) in [6, 6.07) is 0. The molecule has 0 radical (unpaired) electrons. The largest absolute Gasteiger partial charge is 0.452 e. The monoisotopic (exact) mass is 328 g/mol. The summed E-state index contributed by atoms with van der Waals surface area (Å²) in [4.78, 5) is 11.3. The van der Waals surface area contributed by atoms with Crippen LogP contribution in [0.4, 0.5) is 0 Å². The van der Waals surface area contributed by atoms with Crippen molar-refractivity contribution >= 4 is 37.8 Å². The molecule has 82 valence electrons. The molecular formula is C9H16Br2NO2+. The summed E-state index contributed by atoms with van der Waals surface area (Å²) >= 11 is 6.50. The summed E-state index contributed by atoms with van der Waals surface area (Å²) < 4.78 is 5.48. The van der Waals surface area contributed by atoms with Crippen LogP contribution in [0.3, 0.4) is 0 Å². The standard InChI is InChI=1S/C9H15Br2NO2/c1-9(3-2-4-12-6-9)14-8(13)7(11)5-10/h7,12H,2-6H2,1H3/p+1. The molecule has 2 atom stereocenters. The maximum absolute atomic E-state index is 11.5. The number of esters is 1. The van der Waals surface area contributed by atoms with Gasteiger partial charge in [0, 0.05) is 11.8 Å². The Morgan fingerprint density at radius 1 is 1.71 bits per heavy atom. The highest BCUT2D eigenvalue weighted by Crippen LogP contribution is 2.20. The molecule has 0 aromatic carbocycles. The first kappa shape index (κ1) is 12.5. The van der Waals surface area contributed by atoms with Crippen LogP contribution in [0.1, 0.15) is 19.8 Å². The van der Waals surface area contributed by atoms with Crippen molar-refractivity contribution in [1.29, 1.82) is 0 Å². The van der Waals surface area contributed by atoms with Crippen molar-refractivity contribution < 1.29 is 14.8 Å². The van der Waals surface area contributed by atoms with Gasteiger partial charge < -0.3 is 10.1 Å². The fourth-order valence-corrected chi connectivity index (χ4v) is 1.95. The molecule has 1 fully saturated rings. The lowest BCUT2D eigenvalue weighted by Gasteiger charge is -2.31. The van der Waals surface area contributed by atoms with Crippen LogP contribution in [0.5, 0.6) is 0 Å². The van der Waals surface area contributed by atoms with E-state index in [2.05, 4.69) is 37.2 Å². The molecule has 1 saturated heterocycles. The summed E-state index contributed by atoms with van der Waals surface area (Å²) in [5.41, 5.74) is -0.274. The lowest BCUT2D eigenvalue weighted by Crippen LogP contribution is -2.90. The van der Waals surface area contributed by atoms with E-state index >= 15 is 0 Å². The van der Waals surface area contributed by atoms with Gasteiger partial charge >= 0.3 is 5.97 Å². The van der Waals surface area contributed by atoms with E-state index in [1.54, 1.807) is 0 Å². The van der Waals surface area contributed by atoms with Gasteiger partial charge in [-0.25, -0.2) is 0 Å². The average Bonchev–Trinajstić information content (AvgIpc) is 2.17. The van der Waals surface area contributed by atoms with Gasteiger partial charge in [0.2, 0.25) is 0 Å². The van der Waals surface area contributed by atoms with E-state index in [0.717, 1.165) is 25.9 Å². The smallest absolute Gasteiger partial charge is 0.321 e. The first-order valence-corrected chi connectivity index (χ1v) is 6.86. The van der Waals surface area contributed by atoms with Crippen LogP contribution < -0.4 is 5.32 Å². The molecule has 0 aromatic heterocycles. The number of ether oxygens (including phenoxy) is 1. The molecule has 14 heavy (non-hydrogen) atoms. The Hall–Kier alpha value is 0.390. The number of carbonyl (C=O) groups excluding carboxylic acids is 1. The summed E-state index contributed by atoms with van der Waals surface area (Å²) in [5.74, 6) is -0.167. The number of nitrogens with two attached hydrogens (primary N) is 1. The number of rotatable bonds is 3. The van der Waals surface area contributed by atoms with Crippen LogP contribution in [0.15, 0.2) is 0 Å². The molecule has 0 spiro atoms. The maximum Gasteiger partial charge on any atom is 0.321 e. The first-order valence-electron chi connectivity index (χ1n) is 4.82. The summed E-state index contributed by atoms with van der Waals surface area (Å²) in [6.07, 6.45) is 2.09. The van der Waals surface area contributed by atoms with Gasteiger partial charge in [-0.3, -0.25) is 4.79 Å². The van der Waals surface area contributed by atoms with Gasteiger partial charge in [-0.2, -0.15) is 0 Å². The Balaban J connectivity index is 2.44. The minimum atomic E-state index is -0.274.